The number of hydrogen-bond acceptors (Lipinski definition) is 4. The van der Waals surface area contributed by atoms with Crippen LogP contribution in [0.5, 0.6) is 5.88 Å². The molecule has 0 spiro atoms. The summed E-state index contributed by atoms with van der Waals surface area (Å²) in [5.41, 5.74) is 0.522. The molecule has 0 saturated heterocycles. The second kappa shape index (κ2) is 7.41. The number of amides is 1. The molecule has 1 aliphatic carbocycles. The molecule has 0 bridgehead atoms. The standard InChI is InChI=1S/C16H24N2O3/c1-11(2)21-15-8-7-12(9-17-15)16(20)18-14-6-4-3-5-13(14)10-19/h7-9,11,13-14,19H,3-6,10H2,1-2H3,(H,18,20). The second-order valence-corrected chi connectivity index (χ2v) is 5.86. The van der Waals surface area contributed by atoms with Gasteiger partial charge in [-0.3, -0.25) is 4.79 Å². The highest BCUT2D eigenvalue weighted by Gasteiger charge is 2.26. The molecule has 2 atom stereocenters. The number of aliphatic hydroxyl groups excluding tert-OH is 1. The summed E-state index contributed by atoms with van der Waals surface area (Å²) in [6, 6.07) is 3.48. The zero-order valence-electron chi connectivity index (χ0n) is 12.7. The van der Waals surface area contributed by atoms with E-state index in [9.17, 15) is 9.90 Å². The minimum absolute atomic E-state index is 0.0582. The number of pyridine rings is 1. The van der Waals surface area contributed by atoms with Gasteiger partial charge in [0.2, 0.25) is 5.88 Å². The maximum Gasteiger partial charge on any atom is 0.253 e. The first-order valence-electron chi connectivity index (χ1n) is 7.64. The van der Waals surface area contributed by atoms with Crippen LogP contribution in [-0.4, -0.2) is 34.8 Å². The van der Waals surface area contributed by atoms with Crippen LogP contribution in [0.4, 0.5) is 0 Å². The van der Waals surface area contributed by atoms with Crippen LogP contribution < -0.4 is 10.1 Å². The maximum absolute atomic E-state index is 12.2. The van der Waals surface area contributed by atoms with Crippen molar-refractivity contribution < 1.29 is 14.6 Å². The smallest absolute Gasteiger partial charge is 0.253 e. The van der Waals surface area contributed by atoms with E-state index in [-0.39, 0.29) is 30.6 Å². The average Bonchev–Trinajstić information content (AvgIpc) is 2.48. The summed E-state index contributed by atoms with van der Waals surface area (Å²) < 4.78 is 5.46. The molecule has 1 saturated carbocycles. The van der Waals surface area contributed by atoms with Gasteiger partial charge >= 0.3 is 0 Å². The molecule has 0 aliphatic heterocycles. The minimum atomic E-state index is -0.135. The first-order chi connectivity index (χ1) is 10.1. The van der Waals surface area contributed by atoms with Gasteiger partial charge in [-0.15, -0.1) is 0 Å². The molecule has 5 heteroatoms. The molecule has 1 aromatic rings. The van der Waals surface area contributed by atoms with Crippen LogP contribution in [-0.2, 0) is 0 Å². The van der Waals surface area contributed by atoms with E-state index in [1.807, 2.05) is 13.8 Å². The van der Waals surface area contributed by atoms with E-state index in [0.717, 1.165) is 25.7 Å². The molecule has 0 radical (unpaired) electrons. The van der Waals surface area contributed by atoms with Crippen molar-refractivity contribution in [3.05, 3.63) is 23.9 Å². The first-order valence-corrected chi connectivity index (χ1v) is 7.64. The van der Waals surface area contributed by atoms with Crippen molar-refractivity contribution in [2.24, 2.45) is 5.92 Å². The summed E-state index contributed by atoms with van der Waals surface area (Å²) in [5, 5.41) is 12.4. The molecule has 1 heterocycles. The molecule has 116 valence electrons. The molecule has 1 aliphatic rings. The second-order valence-electron chi connectivity index (χ2n) is 5.86. The zero-order chi connectivity index (χ0) is 15.2. The van der Waals surface area contributed by atoms with Crippen LogP contribution in [0.15, 0.2) is 18.3 Å². The highest BCUT2D eigenvalue weighted by atomic mass is 16.5. The highest BCUT2D eigenvalue weighted by molar-refractivity contribution is 5.94. The highest BCUT2D eigenvalue weighted by Crippen LogP contribution is 2.24. The molecule has 2 N–H and O–H groups in total. The molecular weight excluding hydrogens is 268 g/mol. The van der Waals surface area contributed by atoms with Crippen LogP contribution in [0.1, 0.15) is 49.9 Å². The molecule has 21 heavy (non-hydrogen) atoms. The van der Waals surface area contributed by atoms with Gasteiger partial charge in [-0.05, 0) is 32.8 Å². The summed E-state index contributed by atoms with van der Waals surface area (Å²) in [7, 11) is 0. The Kier molecular flexibility index (Phi) is 5.56. The summed E-state index contributed by atoms with van der Waals surface area (Å²) in [6.07, 6.45) is 5.72. The first kappa shape index (κ1) is 15.8. The molecule has 2 unspecified atom stereocenters. The van der Waals surface area contributed by atoms with Gasteiger partial charge in [0, 0.05) is 30.8 Å². The van der Waals surface area contributed by atoms with Gasteiger partial charge in [-0.2, -0.15) is 0 Å². The Morgan fingerprint density at radius 1 is 1.43 bits per heavy atom. The summed E-state index contributed by atoms with van der Waals surface area (Å²) >= 11 is 0. The topological polar surface area (TPSA) is 71.5 Å². The van der Waals surface area contributed by atoms with Crippen molar-refractivity contribution in [1.29, 1.82) is 0 Å². The number of rotatable bonds is 5. The predicted molar refractivity (Wildman–Crippen MR) is 80.3 cm³/mol. The number of ether oxygens (including phenoxy) is 1. The fourth-order valence-corrected chi connectivity index (χ4v) is 2.69. The Bertz CT molecular complexity index is 459. The van der Waals surface area contributed by atoms with Gasteiger partial charge in [0.1, 0.15) is 0 Å². The van der Waals surface area contributed by atoms with Gasteiger partial charge in [-0.25, -0.2) is 4.98 Å². The van der Waals surface area contributed by atoms with Crippen LogP contribution in [0.3, 0.4) is 0 Å². The lowest BCUT2D eigenvalue weighted by molar-refractivity contribution is 0.0872. The Hall–Kier alpha value is -1.62. The zero-order valence-corrected chi connectivity index (χ0v) is 12.7. The summed E-state index contributed by atoms with van der Waals surface area (Å²) in [4.78, 5) is 16.4. The Morgan fingerprint density at radius 2 is 2.19 bits per heavy atom. The molecule has 1 amide bonds. The molecule has 2 rings (SSSR count). The third-order valence-electron chi connectivity index (χ3n) is 3.82. The van der Waals surface area contributed by atoms with Gasteiger partial charge in [0.25, 0.3) is 5.91 Å². The number of hydrogen-bond donors (Lipinski definition) is 2. The number of nitrogens with zero attached hydrogens (tertiary/aromatic N) is 1. The molecule has 0 aromatic carbocycles. The van der Waals surface area contributed by atoms with Gasteiger partial charge in [0.05, 0.1) is 11.7 Å². The largest absolute Gasteiger partial charge is 0.475 e. The summed E-state index contributed by atoms with van der Waals surface area (Å²) in [6.45, 7) is 3.99. The monoisotopic (exact) mass is 292 g/mol. The lowest BCUT2D eigenvalue weighted by atomic mass is 9.85. The van der Waals surface area contributed by atoms with Crippen LogP contribution in [0.25, 0.3) is 0 Å². The van der Waals surface area contributed by atoms with Crippen molar-refractivity contribution in [3.8, 4) is 5.88 Å². The predicted octanol–water partition coefficient (Wildman–Crippen LogP) is 2.15. The third-order valence-corrected chi connectivity index (χ3v) is 3.82. The third kappa shape index (κ3) is 4.43. The number of carbonyl (C=O) groups excluding carboxylic acids is 1. The van der Waals surface area contributed by atoms with Crippen molar-refractivity contribution in [1.82, 2.24) is 10.3 Å². The number of aliphatic hydroxyl groups is 1. The van der Waals surface area contributed by atoms with Crippen LogP contribution >= 0.6 is 0 Å². The van der Waals surface area contributed by atoms with Gasteiger partial charge in [0.15, 0.2) is 0 Å². The van der Waals surface area contributed by atoms with Crippen molar-refractivity contribution in [2.75, 3.05) is 6.61 Å². The molecule has 1 aromatic heterocycles. The van der Waals surface area contributed by atoms with E-state index < -0.39 is 0 Å². The lowest BCUT2D eigenvalue weighted by Gasteiger charge is -2.30. The van der Waals surface area contributed by atoms with E-state index in [1.165, 1.54) is 6.20 Å². The summed E-state index contributed by atoms with van der Waals surface area (Å²) in [5.74, 6) is 0.551. The van der Waals surface area contributed by atoms with Gasteiger partial charge < -0.3 is 15.2 Å². The fourth-order valence-electron chi connectivity index (χ4n) is 2.69. The average molecular weight is 292 g/mol. The molecule has 1 fully saturated rings. The normalized spacial score (nSPS) is 22.1. The quantitative estimate of drug-likeness (QED) is 0.872. The maximum atomic E-state index is 12.2. The Labute approximate surface area is 125 Å². The van der Waals surface area contributed by atoms with E-state index in [2.05, 4.69) is 10.3 Å². The van der Waals surface area contributed by atoms with Gasteiger partial charge in [-0.1, -0.05) is 12.8 Å². The minimum Gasteiger partial charge on any atom is -0.475 e. The Morgan fingerprint density at radius 3 is 2.81 bits per heavy atom. The van der Waals surface area contributed by atoms with E-state index in [4.69, 9.17) is 4.74 Å². The van der Waals surface area contributed by atoms with Crippen molar-refractivity contribution in [2.45, 2.75) is 51.7 Å². The van der Waals surface area contributed by atoms with Crippen LogP contribution in [0, 0.1) is 5.92 Å². The van der Waals surface area contributed by atoms with Crippen molar-refractivity contribution >= 4 is 5.91 Å². The lowest BCUT2D eigenvalue weighted by Crippen LogP contribution is -2.43. The van der Waals surface area contributed by atoms with E-state index in [0.29, 0.717) is 11.4 Å². The molecule has 5 nitrogen and oxygen atoms in total. The number of nitrogens with one attached hydrogen (secondary N) is 1. The SMILES string of the molecule is CC(C)Oc1ccc(C(=O)NC2CCCCC2CO)cn1. The van der Waals surface area contributed by atoms with Crippen molar-refractivity contribution in [3.63, 3.8) is 0 Å². The Balaban J connectivity index is 1.96. The van der Waals surface area contributed by atoms with Crippen LogP contribution in [0.2, 0.25) is 0 Å². The van der Waals surface area contributed by atoms with E-state index in [1.54, 1.807) is 12.1 Å². The number of aromatic nitrogens is 1. The van der Waals surface area contributed by atoms with E-state index >= 15 is 0 Å². The molecular formula is C16H24N2O3. The fraction of sp³-hybridized carbons (Fsp3) is 0.625. The number of carbonyl (C=O) groups is 1.